The molecule has 0 radical (unpaired) electrons. The molecule has 30 heavy (non-hydrogen) atoms. The SMILES string of the molecule is CCO[C@]1(C(=O)Nc2ccc(OCCCN3CCCC[C@H]3C)cc2)CCC[C@H](C)C1. The zero-order valence-corrected chi connectivity index (χ0v) is 19.1. The normalized spacial score (nSPS) is 27.6. The van der Waals surface area contributed by atoms with Crippen molar-refractivity contribution in [2.75, 3.05) is 31.6 Å². The van der Waals surface area contributed by atoms with Gasteiger partial charge in [0.15, 0.2) is 0 Å². The molecule has 1 N–H and O–H groups in total. The van der Waals surface area contributed by atoms with Gasteiger partial charge in [-0.15, -0.1) is 0 Å². The molecular formula is C25H40N2O3. The molecule has 1 saturated heterocycles. The predicted octanol–water partition coefficient (Wildman–Crippen LogP) is 5.25. The van der Waals surface area contributed by atoms with Gasteiger partial charge in [-0.3, -0.25) is 4.79 Å². The number of hydrogen-bond donors (Lipinski definition) is 1. The number of piperidine rings is 1. The van der Waals surface area contributed by atoms with E-state index in [4.69, 9.17) is 9.47 Å². The van der Waals surface area contributed by atoms with E-state index < -0.39 is 5.60 Å². The number of carbonyl (C=O) groups is 1. The van der Waals surface area contributed by atoms with Gasteiger partial charge in [-0.25, -0.2) is 0 Å². The molecule has 3 rings (SSSR count). The van der Waals surface area contributed by atoms with Gasteiger partial charge in [-0.2, -0.15) is 0 Å². The summed E-state index contributed by atoms with van der Waals surface area (Å²) in [6.45, 7) is 10.1. The second-order valence-electron chi connectivity index (χ2n) is 9.19. The highest BCUT2D eigenvalue weighted by molar-refractivity contribution is 5.97. The standard InChI is InChI=1S/C25H40N2O3/c1-4-30-25(15-7-9-20(2)19-25)24(28)26-22-11-13-23(14-12-22)29-18-8-17-27-16-6-5-10-21(27)3/h11-14,20-21H,4-10,15-19H2,1-3H3,(H,26,28)/t20-,21+,25+/m0/s1. The number of carbonyl (C=O) groups excluding carboxylic acids is 1. The van der Waals surface area contributed by atoms with E-state index >= 15 is 0 Å². The summed E-state index contributed by atoms with van der Waals surface area (Å²) in [5, 5.41) is 3.07. The molecule has 5 heteroatoms. The zero-order chi connectivity index (χ0) is 21.4. The Hall–Kier alpha value is -1.59. The summed E-state index contributed by atoms with van der Waals surface area (Å²) in [6, 6.07) is 8.43. The average molecular weight is 417 g/mol. The maximum Gasteiger partial charge on any atom is 0.256 e. The molecule has 168 valence electrons. The van der Waals surface area contributed by atoms with Crippen LogP contribution >= 0.6 is 0 Å². The molecule has 1 aliphatic heterocycles. The molecule has 1 amide bonds. The third kappa shape index (κ3) is 6.21. The molecule has 0 spiro atoms. The van der Waals surface area contributed by atoms with E-state index in [1.54, 1.807) is 0 Å². The van der Waals surface area contributed by atoms with Gasteiger partial charge in [0, 0.05) is 24.9 Å². The molecule has 1 saturated carbocycles. The summed E-state index contributed by atoms with van der Waals surface area (Å²) in [7, 11) is 0. The molecule has 3 atom stereocenters. The maximum absolute atomic E-state index is 13.0. The Bertz CT molecular complexity index is 659. The van der Waals surface area contributed by atoms with Gasteiger partial charge in [-0.05, 0) is 89.1 Å². The Kier molecular flexibility index (Phi) is 8.58. The molecule has 0 unspecified atom stereocenters. The van der Waals surface area contributed by atoms with E-state index in [0.29, 0.717) is 18.6 Å². The number of benzene rings is 1. The van der Waals surface area contributed by atoms with Crippen molar-refractivity contribution in [3.05, 3.63) is 24.3 Å². The first-order valence-electron chi connectivity index (χ1n) is 11.9. The number of ether oxygens (including phenoxy) is 2. The first kappa shape index (κ1) is 23.1. The Morgan fingerprint density at radius 1 is 1.17 bits per heavy atom. The van der Waals surface area contributed by atoms with Crippen LogP contribution in [0.5, 0.6) is 5.75 Å². The fraction of sp³-hybridized carbons (Fsp3) is 0.720. The number of nitrogens with one attached hydrogen (secondary N) is 1. The van der Waals surface area contributed by atoms with Crippen LogP contribution in [0.3, 0.4) is 0 Å². The van der Waals surface area contributed by atoms with Crippen LogP contribution in [0.15, 0.2) is 24.3 Å². The van der Waals surface area contributed by atoms with E-state index in [1.807, 2.05) is 31.2 Å². The molecule has 5 nitrogen and oxygen atoms in total. The van der Waals surface area contributed by atoms with Crippen LogP contribution in [0, 0.1) is 5.92 Å². The lowest BCUT2D eigenvalue weighted by molar-refractivity contribution is -0.147. The number of likely N-dealkylation sites (tertiary alicyclic amines) is 1. The maximum atomic E-state index is 13.0. The fourth-order valence-corrected chi connectivity index (χ4v) is 5.01. The van der Waals surface area contributed by atoms with Crippen LogP contribution in [0.2, 0.25) is 0 Å². The lowest BCUT2D eigenvalue weighted by Crippen LogP contribution is -2.48. The van der Waals surface area contributed by atoms with Gasteiger partial charge in [0.05, 0.1) is 6.61 Å². The van der Waals surface area contributed by atoms with Crippen LogP contribution in [0.1, 0.15) is 72.1 Å². The van der Waals surface area contributed by atoms with Crippen LogP contribution in [0.4, 0.5) is 5.69 Å². The lowest BCUT2D eigenvalue weighted by Gasteiger charge is -2.38. The Balaban J connectivity index is 1.46. The molecular weight excluding hydrogens is 376 g/mol. The van der Waals surface area contributed by atoms with Crippen molar-refractivity contribution in [3.63, 3.8) is 0 Å². The van der Waals surface area contributed by atoms with Crippen molar-refractivity contribution in [3.8, 4) is 5.75 Å². The van der Waals surface area contributed by atoms with E-state index in [1.165, 1.54) is 32.2 Å². The minimum absolute atomic E-state index is 0.0137. The van der Waals surface area contributed by atoms with Gasteiger partial charge in [-0.1, -0.05) is 19.8 Å². The Morgan fingerprint density at radius 3 is 2.67 bits per heavy atom. The van der Waals surface area contributed by atoms with Gasteiger partial charge in [0.25, 0.3) is 5.91 Å². The van der Waals surface area contributed by atoms with E-state index in [2.05, 4.69) is 24.1 Å². The molecule has 0 bridgehead atoms. The van der Waals surface area contributed by atoms with Crippen molar-refractivity contribution in [2.45, 2.75) is 83.8 Å². The highest BCUT2D eigenvalue weighted by Crippen LogP contribution is 2.36. The summed E-state index contributed by atoms with van der Waals surface area (Å²) in [4.78, 5) is 15.6. The van der Waals surface area contributed by atoms with Crippen molar-refractivity contribution in [2.24, 2.45) is 5.92 Å². The quantitative estimate of drug-likeness (QED) is 0.558. The number of hydrogen-bond acceptors (Lipinski definition) is 4. The summed E-state index contributed by atoms with van der Waals surface area (Å²) in [5.74, 6) is 1.35. The molecule has 1 aliphatic carbocycles. The Labute approximate surface area is 182 Å². The number of amides is 1. The monoisotopic (exact) mass is 416 g/mol. The van der Waals surface area contributed by atoms with E-state index in [0.717, 1.165) is 50.3 Å². The smallest absolute Gasteiger partial charge is 0.256 e. The average Bonchev–Trinajstić information content (AvgIpc) is 2.74. The molecule has 1 heterocycles. The molecule has 2 aliphatic rings. The van der Waals surface area contributed by atoms with Crippen LogP contribution in [0.25, 0.3) is 0 Å². The topological polar surface area (TPSA) is 50.8 Å². The summed E-state index contributed by atoms with van der Waals surface area (Å²) >= 11 is 0. The van der Waals surface area contributed by atoms with Gasteiger partial charge < -0.3 is 19.7 Å². The number of rotatable bonds is 9. The zero-order valence-electron chi connectivity index (χ0n) is 19.1. The molecule has 0 aromatic heterocycles. The first-order chi connectivity index (χ1) is 14.5. The second-order valence-corrected chi connectivity index (χ2v) is 9.19. The van der Waals surface area contributed by atoms with Gasteiger partial charge in [0.2, 0.25) is 0 Å². The minimum Gasteiger partial charge on any atom is -0.494 e. The highest BCUT2D eigenvalue weighted by atomic mass is 16.5. The lowest BCUT2D eigenvalue weighted by atomic mass is 9.78. The van der Waals surface area contributed by atoms with Crippen molar-refractivity contribution >= 4 is 11.6 Å². The van der Waals surface area contributed by atoms with Crippen LogP contribution in [-0.2, 0) is 9.53 Å². The summed E-state index contributed by atoms with van der Waals surface area (Å²) < 4.78 is 11.9. The molecule has 2 fully saturated rings. The van der Waals surface area contributed by atoms with Crippen molar-refractivity contribution in [1.29, 1.82) is 0 Å². The largest absolute Gasteiger partial charge is 0.494 e. The van der Waals surface area contributed by atoms with Gasteiger partial charge in [0.1, 0.15) is 11.4 Å². The predicted molar refractivity (Wildman–Crippen MR) is 122 cm³/mol. The molecule has 1 aromatic carbocycles. The highest BCUT2D eigenvalue weighted by Gasteiger charge is 2.42. The fourth-order valence-electron chi connectivity index (χ4n) is 5.01. The summed E-state index contributed by atoms with van der Waals surface area (Å²) in [5.41, 5.74) is 0.111. The Morgan fingerprint density at radius 2 is 1.97 bits per heavy atom. The van der Waals surface area contributed by atoms with Crippen LogP contribution < -0.4 is 10.1 Å². The van der Waals surface area contributed by atoms with Crippen molar-refractivity contribution < 1.29 is 14.3 Å². The molecule has 1 aromatic rings. The first-order valence-corrected chi connectivity index (χ1v) is 11.9. The van der Waals surface area contributed by atoms with E-state index in [-0.39, 0.29) is 5.91 Å². The summed E-state index contributed by atoms with van der Waals surface area (Å²) in [6.07, 6.45) is 8.85. The second kappa shape index (κ2) is 11.1. The van der Waals surface area contributed by atoms with Crippen molar-refractivity contribution in [1.82, 2.24) is 4.90 Å². The third-order valence-corrected chi connectivity index (χ3v) is 6.70. The van der Waals surface area contributed by atoms with Crippen LogP contribution in [-0.4, -0.2) is 48.8 Å². The third-order valence-electron chi connectivity index (χ3n) is 6.70. The minimum atomic E-state index is -0.687. The number of nitrogens with zero attached hydrogens (tertiary/aromatic N) is 1. The van der Waals surface area contributed by atoms with Gasteiger partial charge >= 0.3 is 0 Å². The number of anilines is 1. The van der Waals surface area contributed by atoms with E-state index in [9.17, 15) is 4.79 Å².